The second kappa shape index (κ2) is 8.94. The third kappa shape index (κ3) is 4.15. The second-order valence-corrected chi connectivity index (χ2v) is 8.16. The first-order valence-corrected chi connectivity index (χ1v) is 10.8. The first-order chi connectivity index (χ1) is 15.4. The highest BCUT2D eigenvalue weighted by molar-refractivity contribution is 5.86. The molecule has 0 radical (unpaired) electrons. The van der Waals surface area contributed by atoms with Crippen LogP contribution in [-0.2, 0) is 0 Å². The number of carbonyl (C=O) groups excluding carboxylic acids is 1. The zero-order chi connectivity index (χ0) is 22.8. The van der Waals surface area contributed by atoms with Crippen LogP contribution in [0.4, 0.5) is 9.18 Å². The fourth-order valence-electron chi connectivity index (χ4n) is 3.92. The summed E-state index contributed by atoms with van der Waals surface area (Å²) in [5, 5.41) is 7.20. The molecule has 1 aliphatic heterocycles. The zero-order valence-electron chi connectivity index (χ0n) is 18.8. The molecule has 2 heterocycles. The minimum absolute atomic E-state index is 0.146. The Morgan fingerprint density at radius 3 is 2.66 bits per heavy atom. The Balaban J connectivity index is 1.82. The van der Waals surface area contributed by atoms with Crippen molar-refractivity contribution in [2.45, 2.75) is 46.6 Å². The molecular formula is C25H27FN4O2. The Kier molecular flexibility index (Phi) is 6.08. The molecular weight excluding hydrogens is 407 g/mol. The van der Waals surface area contributed by atoms with Gasteiger partial charge in [0.15, 0.2) is 0 Å². The van der Waals surface area contributed by atoms with Gasteiger partial charge in [-0.25, -0.2) is 9.18 Å². The van der Waals surface area contributed by atoms with Crippen LogP contribution in [0.3, 0.4) is 0 Å². The molecule has 0 saturated carbocycles. The average Bonchev–Trinajstić information content (AvgIpc) is 3.25. The number of rotatable bonds is 6. The number of urea groups is 1. The molecule has 2 amide bonds. The van der Waals surface area contributed by atoms with E-state index in [-0.39, 0.29) is 11.8 Å². The number of aryl methyl sites for hydroxylation is 2. The summed E-state index contributed by atoms with van der Waals surface area (Å²) in [5.41, 5.74) is 5.31. The van der Waals surface area contributed by atoms with Crippen LogP contribution >= 0.6 is 0 Å². The minimum atomic E-state index is -0.430. The summed E-state index contributed by atoms with van der Waals surface area (Å²) in [4.78, 5) is 19.3. The summed E-state index contributed by atoms with van der Waals surface area (Å²) in [6.45, 7) is 8.69. The van der Waals surface area contributed by atoms with Gasteiger partial charge in [0.2, 0.25) is 5.82 Å². The van der Waals surface area contributed by atoms with Gasteiger partial charge in [0, 0.05) is 17.8 Å². The third-order valence-electron chi connectivity index (χ3n) is 5.94. The van der Waals surface area contributed by atoms with Crippen molar-refractivity contribution in [1.29, 1.82) is 0 Å². The molecule has 1 aromatic heterocycles. The molecule has 166 valence electrons. The number of halogens is 1. The molecule has 2 aromatic carbocycles. The maximum Gasteiger partial charge on any atom is 0.322 e. The second-order valence-electron chi connectivity index (χ2n) is 8.16. The van der Waals surface area contributed by atoms with Crippen LogP contribution in [0.15, 0.2) is 52.7 Å². The number of carbonyl (C=O) groups is 1. The van der Waals surface area contributed by atoms with Gasteiger partial charge in [0.05, 0.1) is 11.6 Å². The molecule has 1 N–H and O–H groups in total. The van der Waals surface area contributed by atoms with Gasteiger partial charge in [-0.05, 0) is 56.0 Å². The third-order valence-corrected chi connectivity index (χ3v) is 5.94. The van der Waals surface area contributed by atoms with Gasteiger partial charge in [0.1, 0.15) is 5.82 Å². The van der Waals surface area contributed by atoms with Gasteiger partial charge in [-0.1, -0.05) is 48.8 Å². The number of amides is 2. The maximum atomic E-state index is 13.7. The molecule has 1 unspecified atom stereocenters. The molecule has 7 heteroatoms. The Bertz CT molecular complexity index is 1180. The lowest BCUT2D eigenvalue weighted by Crippen LogP contribution is -2.46. The standard InChI is InChI=1S/C25H27FN4O2/c1-5-6-12-30-17(4)21(22(27-25(30)31)18-11-10-15(2)16(3)13-18)24-28-23(29-32-24)19-8-7-9-20(26)14-19/h7-11,13-14,22H,5-6,12H2,1-4H3,(H,27,31). The van der Waals surface area contributed by atoms with Crippen molar-refractivity contribution < 1.29 is 13.7 Å². The molecule has 0 saturated heterocycles. The maximum absolute atomic E-state index is 13.7. The van der Waals surface area contributed by atoms with Crippen LogP contribution in [0.2, 0.25) is 0 Å². The summed E-state index contributed by atoms with van der Waals surface area (Å²) in [7, 11) is 0. The Hall–Kier alpha value is -3.48. The number of allylic oxidation sites excluding steroid dienone is 1. The lowest BCUT2D eigenvalue weighted by atomic mass is 9.92. The zero-order valence-corrected chi connectivity index (χ0v) is 18.8. The number of unbranched alkanes of at least 4 members (excludes halogenated alkanes) is 1. The van der Waals surface area contributed by atoms with Crippen molar-refractivity contribution in [2.75, 3.05) is 6.54 Å². The van der Waals surface area contributed by atoms with E-state index >= 15 is 0 Å². The van der Waals surface area contributed by atoms with E-state index in [0.29, 0.717) is 23.8 Å². The van der Waals surface area contributed by atoms with Crippen LogP contribution in [0.1, 0.15) is 55.3 Å². The topological polar surface area (TPSA) is 71.3 Å². The highest BCUT2D eigenvalue weighted by Gasteiger charge is 2.35. The SMILES string of the molecule is CCCCN1C(=O)NC(c2ccc(C)c(C)c2)C(c2nc(-c3cccc(F)c3)no2)=C1C. The van der Waals surface area contributed by atoms with E-state index in [1.165, 1.54) is 17.7 Å². The monoisotopic (exact) mass is 434 g/mol. The lowest BCUT2D eigenvalue weighted by Gasteiger charge is -2.35. The molecule has 1 aliphatic rings. The molecule has 0 aliphatic carbocycles. The lowest BCUT2D eigenvalue weighted by molar-refractivity contribution is 0.204. The van der Waals surface area contributed by atoms with Gasteiger partial charge in [0.25, 0.3) is 5.89 Å². The van der Waals surface area contributed by atoms with Crippen LogP contribution < -0.4 is 5.32 Å². The smallest absolute Gasteiger partial charge is 0.322 e. The van der Waals surface area contributed by atoms with E-state index < -0.39 is 6.04 Å². The van der Waals surface area contributed by atoms with E-state index in [9.17, 15) is 9.18 Å². The molecule has 3 aromatic rings. The van der Waals surface area contributed by atoms with Gasteiger partial charge < -0.3 is 9.84 Å². The quantitative estimate of drug-likeness (QED) is 0.533. The van der Waals surface area contributed by atoms with Crippen LogP contribution in [0, 0.1) is 19.7 Å². The molecule has 32 heavy (non-hydrogen) atoms. The Morgan fingerprint density at radius 2 is 1.94 bits per heavy atom. The minimum Gasteiger partial charge on any atom is -0.334 e. The van der Waals surface area contributed by atoms with Gasteiger partial charge in [-0.15, -0.1) is 0 Å². The summed E-state index contributed by atoms with van der Waals surface area (Å²) in [6, 6.07) is 11.6. The number of nitrogens with zero attached hydrogens (tertiary/aromatic N) is 3. The summed E-state index contributed by atoms with van der Waals surface area (Å²) in [6.07, 6.45) is 1.85. The van der Waals surface area contributed by atoms with E-state index in [0.717, 1.165) is 35.2 Å². The van der Waals surface area contributed by atoms with E-state index in [1.54, 1.807) is 17.0 Å². The predicted octanol–water partition coefficient (Wildman–Crippen LogP) is 5.79. The molecule has 0 bridgehead atoms. The van der Waals surface area contributed by atoms with Crippen molar-refractivity contribution in [3.05, 3.63) is 76.6 Å². The molecule has 6 nitrogen and oxygen atoms in total. The average molecular weight is 435 g/mol. The summed E-state index contributed by atoms with van der Waals surface area (Å²) in [5.74, 6) is 0.245. The summed E-state index contributed by atoms with van der Waals surface area (Å²) >= 11 is 0. The Labute approximate surface area is 187 Å². The summed E-state index contributed by atoms with van der Waals surface area (Å²) < 4.78 is 19.3. The predicted molar refractivity (Wildman–Crippen MR) is 121 cm³/mol. The fraction of sp³-hybridized carbons (Fsp3) is 0.320. The normalized spacial score (nSPS) is 16.5. The van der Waals surface area contributed by atoms with Crippen LogP contribution in [-0.4, -0.2) is 27.6 Å². The van der Waals surface area contributed by atoms with Crippen LogP contribution in [0.5, 0.6) is 0 Å². The van der Waals surface area contributed by atoms with E-state index in [4.69, 9.17) is 4.52 Å². The van der Waals surface area contributed by atoms with Crippen molar-refractivity contribution in [2.24, 2.45) is 0 Å². The van der Waals surface area contributed by atoms with Gasteiger partial charge in [-0.3, -0.25) is 4.90 Å². The number of hydrogen-bond donors (Lipinski definition) is 1. The van der Waals surface area contributed by atoms with E-state index in [1.807, 2.05) is 26.0 Å². The first-order valence-electron chi connectivity index (χ1n) is 10.8. The van der Waals surface area contributed by atoms with E-state index in [2.05, 4.69) is 35.4 Å². The molecule has 0 fully saturated rings. The largest absolute Gasteiger partial charge is 0.334 e. The number of hydrogen-bond acceptors (Lipinski definition) is 4. The number of aromatic nitrogens is 2. The molecule has 1 atom stereocenters. The molecule has 0 spiro atoms. The highest BCUT2D eigenvalue weighted by Crippen LogP contribution is 2.38. The molecule has 4 rings (SSSR count). The highest BCUT2D eigenvalue weighted by atomic mass is 19.1. The first kappa shape index (κ1) is 21.7. The van der Waals surface area contributed by atoms with Crippen molar-refractivity contribution >= 4 is 11.6 Å². The number of benzene rings is 2. The van der Waals surface area contributed by atoms with Gasteiger partial charge in [-0.2, -0.15) is 4.98 Å². The van der Waals surface area contributed by atoms with Crippen molar-refractivity contribution in [3.63, 3.8) is 0 Å². The number of nitrogens with one attached hydrogen (secondary N) is 1. The Morgan fingerprint density at radius 1 is 1.12 bits per heavy atom. The van der Waals surface area contributed by atoms with Gasteiger partial charge >= 0.3 is 6.03 Å². The van der Waals surface area contributed by atoms with Crippen molar-refractivity contribution in [1.82, 2.24) is 20.4 Å². The van der Waals surface area contributed by atoms with Crippen molar-refractivity contribution in [3.8, 4) is 11.4 Å². The fourth-order valence-corrected chi connectivity index (χ4v) is 3.92. The van der Waals surface area contributed by atoms with Crippen LogP contribution in [0.25, 0.3) is 17.0 Å².